The van der Waals surface area contributed by atoms with Gasteiger partial charge in [0.05, 0.1) is 11.4 Å². The molecule has 4 rings (SSSR count). The molecule has 1 aromatic carbocycles. The third-order valence-corrected chi connectivity index (χ3v) is 5.54. The Kier molecular flexibility index (Phi) is 5.16. The average molecular weight is 397 g/mol. The quantitative estimate of drug-likeness (QED) is 0.683. The summed E-state index contributed by atoms with van der Waals surface area (Å²) in [5, 5.41) is 11.4. The van der Waals surface area contributed by atoms with E-state index in [0.29, 0.717) is 30.3 Å². The van der Waals surface area contributed by atoms with E-state index in [1.165, 1.54) is 11.3 Å². The Hall–Kier alpha value is -3.07. The molecular formula is C19H19N5O3S. The molecule has 3 aromatic rings. The van der Waals surface area contributed by atoms with Gasteiger partial charge < -0.3 is 15.2 Å². The molecule has 2 aromatic heterocycles. The summed E-state index contributed by atoms with van der Waals surface area (Å²) in [6.07, 6.45) is 1.03. The third kappa shape index (κ3) is 3.65. The van der Waals surface area contributed by atoms with Gasteiger partial charge in [-0.05, 0) is 12.8 Å². The van der Waals surface area contributed by atoms with E-state index in [1.54, 1.807) is 17.9 Å². The van der Waals surface area contributed by atoms with Crippen LogP contribution >= 0.6 is 11.3 Å². The van der Waals surface area contributed by atoms with Crippen LogP contribution in [0.1, 0.15) is 35.1 Å². The summed E-state index contributed by atoms with van der Waals surface area (Å²) >= 11 is 1.36. The number of amides is 2. The lowest BCUT2D eigenvalue weighted by Crippen LogP contribution is -2.37. The Morgan fingerprint density at radius 3 is 2.75 bits per heavy atom. The molecule has 1 saturated carbocycles. The van der Waals surface area contributed by atoms with Crippen molar-refractivity contribution in [2.45, 2.75) is 24.8 Å². The summed E-state index contributed by atoms with van der Waals surface area (Å²) in [4.78, 5) is 33.2. The van der Waals surface area contributed by atoms with Crippen molar-refractivity contribution in [3.63, 3.8) is 0 Å². The lowest BCUT2D eigenvalue weighted by molar-refractivity contribution is -0.124. The van der Waals surface area contributed by atoms with Gasteiger partial charge in [0.2, 0.25) is 17.6 Å². The first kappa shape index (κ1) is 18.3. The fourth-order valence-electron chi connectivity index (χ4n) is 3.55. The largest absolute Gasteiger partial charge is 0.359 e. The Morgan fingerprint density at radius 1 is 1.21 bits per heavy atom. The zero-order chi connectivity index (χ0) is 19.5. The molecule has 0 radical (unpaired) electrons. The second-order valence-electron chi connectivity index (χ2n) is 6.66. The van der Waals surface area contributed by atoms with E-state index in [1.807, 2.05) is 30.3 Å². The summed E-state index contributed by atoms with van der Waals surface area (Å²) in [6, 6.07) is 9.23. The van der Waals surface area contributed by atoms with Crippen molar-refractivity contribution in [2.24, 2.45) is 5.92 Å². The molecule has 0 saturated heterocycles. The first-order valence-corrected chi connectivity index (χ1v) is 9.89. The molecule has 1 aliphatic rings. The molecule has 0 spiro atoms. The van der Waals surface area contributed by atoms with Gasteiger partial charge in [0.25, 0.3) is 5.91 Å². The van der Waals surface area contributed by atoms with Crippen LogP contribution in [0.2, 0.25) is 0 Å². The Bertz CT molecular complexity index is 957. The SMILES string of the molecule is CNC(=O)C1CC(NC(=O)c2cscn2)C(c2nc(-c3ccccc3)no2)C1. The number of hydrogen-bond donors (Lipinski definition) is 2. The summed E-state index contributed by atoms with van der Waals surface area (Å²) in [6.45, 7) is 0. The molecule has 144 valence electrons. The van der Waals surface area contributed by atoms with E-state index in [4.69, 9.17) is 4.52 Å². The molecule has 1 aliphatic carbocycles. The normalized spacial score (nSPS) is 21.4. The van der Waals surface area contributed by atoms with Crippen molar-refractivity contribution in [1.82, 2.24) is 25.8 Å². The number of nitrogens with zero attached hydrogens (tertiary/aromatic N) is 3. The Morgan fingerprint density at radius 2 is 2.04 bits per heavy atom. The number of aromatic nitrogens is 3. The monoisotopic (exact) mass is 397 g/mol. The van der Waals surface area contributed by atoms with Gasteiger partial charge in [0.1, 0.15) is 5.69 Å². The van der Waals surface area contributed by atoms with Crippen molar-refractivity contribution in [2.75, 3.05) is 7.05 Å². The molecular weight excluding hydrogens is 378 g/mol. The van der Waals surface area contributed by atoms with Crippen LogP contribution in [0, 0.1) is 5.92 Å². The van der Waals surface area contributed by atoms with Crippen LogP contribution in [0.4, 0.5) is 0 Å². The molecule has 2 N–H and O–H groups in total. The maximum absolute atomic E-state index is 12.5. The van der Waals surface area contributed by atoms with Crippen molar-refractivity contribution >= 4 is 23.2 Å². The van der Waals surface area contributed by atoms with Crippen molar-refractivity contribution in [1.29, 1.82) is 0 Å². The van der Waals surface area contributed by atoms with E-state index in [9.17, 15) is 9.59 Å². The van der Waals surface area contributed by atoms with Crippen LogP contribution in [0.5, 0.6) is 0 Å². The maximum Gasteiger partial charge on any atom is 0.270 e. The van der Waals surface area contributed by atoms with Gasteiger partial charge >= 0.3 is 0 Å². The van der Waals surface area contributed by atoms with E-state index in [0.717, 1.165) is 5.56 Å². The Labute approximate surface area is 165 Å². The molecule has 0 bridgehead atoms. The van der Waals surface area contributed by atoms with Crippen LogP contribution in [0.3, 0.4) is 0 Å². The number of rotatable bonds is 5. The average Bonchev–Trinajstić information content (AvgIpc) is 3.47. The maximum atomic E-state index is 12.5. The molecule has 1 fully saturated rings. The number of carbonyl (C=O) groups excluding carboxylic acids is 2. The van der Waals surface area contributed by atoms with Crippen LogP contribution in [-0.4, -0.2) is 40.0 Å². The van der Waals surface area contributed by atoms with Gasteiger partial charge in [-0.1, -0.05) is 35.5 Å². The van der Waals surface area contributed by atoms with Gasteiger partial charge in [0.15, 0.2) is 0 Å². The predicted octanol–water partition coefficient (Wildman–Crippen LogP) is 2.23. The van der Waals surface area contributed by atoms with Gasteiger partial charge in [-0.15, -0.1) is 11.3 Å². The first-order chi connectivity index (χ1) is 13.7. The third-order valence-electron chi connectivity index (χ3n) is 4.95. The second-order valence-corrected chi connectivity index (χ2v) is 7.38. The highest BCUT2D eigenvalue weighted by Crippen LogP contribution is 2.38. The highest BCUT2D eigenvalue weighted by molar-refractivity contribution is 7.07. The van der Waals surface area contributed by atoms with E-state index in [2.05, 4.69) is 25.8 Å². The fourth-order valence-corrected chi connectivity index (χ4v) is 4.08. The molecule has 8 nitrogen and oxygen atoms in total. The number of nitrogens with one attached hydrogen (secondary N) is 2. The molecule has 0 aliphatic heterocycles. The lowest BCUT2D eigenvalue weighted by Gasteiger charge is -2.17. The molecule has 9 heteroatoms. The molecule has 3 atom stereocenters. The first-order valence-electron chi connectivity index (χ1n) is 8.95. The number of thiazole rings is 1. The standard InChI is InChI=1S/C19H19N5O3S/c1-20-17(25)12-7-13(14(8-12)22-18(26)15-9-28-10-21-15)19-23-16(24-27-19)11-5-3-2-4-6-11/h2-6,9-10,12-14H,7-8H2,1H3,(H,20,25)(H,22,26). The smallest absolute Gasteiger partial charge is 0.270 e. The summed E-state index contributed by atoms with van der Waals surface area (Å²) in [5.41, 5.74) is 2.82. The van der Waals surface area contributed by atoms with Crippen molar-refractivity contribution in [3.8, 4) is 11.4 Å². The number of hydrogen-bond acceptors (Lipinski definition) is 7. The van der Waals surface area contributed by atoms with Crippen LogP contribution in [-0.2, 0) is 4.79 Å². The van der Waals surface area contributed by atoms with Gasteiger partial charge in [-0.25, -0.2) is 4.98 Å². The predicted molar refractivity (Wildman–Crippen MR) is 103 cm³/mol. The number of carbonyl (C=O) groups is 2. The minimum Gasteiger partial charge on any atom is -0.359 e. The second kappa shape index (κ2) is 7.89. The fraction of sp³-hybridized carbons (Fsp3) is 0.316. The van der Waals surface area contributed by atoms with Crippen LogP contribution < -0.4 is 10.6 Å². The Balaban J connectivity index is 1.58. The van der Waals surface area contributed by atoms with Crippen LogP contribution in [0.25, 0.3) is 11.4 Å². The number of benzene rings is 1. The van der Waals surface area contributed by atoms with Crippen molar-refractivity contribution < 1.29 is 14.1 Å². The highest BCUT2D eigenvalue weighted by atomic mass is 32.1. The van der Waals surface area contributed by atoms with Gasteiger partial charge in [-0.2, -0.15) is 4.98 Å². The lowest BCUT2D eigenvalue weighted by atomic mass is 10.0. The molecule has 28 heavy (non-hydrogen) atoms. The van der Waals surface area contributed by atoms with Crippen molar-refractivity contribution in [3.05, 3.63) is 52.8 Å². The molecule has 2 heterocycles. The molecule has 2 amide bonds. The summed E-state index contributed by atoms with van der Waals surface area (Å²) in [7, 11) is 1.61. The minimum atomic E-state index is -0.291. The minimum absolute atomic E-state index is 0.0572. The zero-order valence-electron chi connectivity index (χ0n) is 15.2. The van der Waals surface area contributed by atoms with Gasteiger partial charge in [-0.3, -0.25) is 9.59 Å². The van der Waals surface area contributed by atoms with E-state index >= 15 is 0 Å². The molecule has 3 unspecified atom stereocenters. The summed E-state index contributed by atoms with van der Waals surface area (Å²) in [5.74, 6) is 0.116. The highest BCUT2D eigenvalue weighted by Gasteiger charge is 2.42. The zero-order valence-corrected chi connectivity index (χ0v) is 16.0. The van der Waals surface area contributed by atoms with E-state index in [-0.39, 0.29) is 29.7 Å². The topological polar surface area (TPSA) is 110 Å². The summed E-state index contributed by atoms with van der Waals surface area (Å²) < 4.78 is 5.51. The van der Waals surface area contributed by atoms with Gasteiger partial charge in [0, 0.05) is 30.0 Å². The van der Waals surface area contributed by atoms with E-state index < -0.39 is 0 Å². The van der Waals surface area contributed by atoms with Crippen LogP contribution in [0.15, 0.2) is 45.7 Å².